The zero-order valence-corrected chi connectivity index (χ0v) is 11.7. The Labute approximate surface area is 102 Å². The lowest BCUT2D eigenvalue weighted by Crippen LogP contribution is -2.29. The molecule has 2 unspecified atom stereocenters. The molecule has 0 bridgehead atoms. The third-order valence-electron chi connectivity index (χ3n) is 1.85. The van der Waals surface area contributed by atoms with Crippen molar-refractivity contribution in [3.8, 4) is 0 Å². The van der Waals surface area contributed by atoms with Gasteiger partial charge in [0.2, 0.25) is 0 Å². The maximum atomic E-state index is 12.5. The fourth-order valence-electron chi connectivity index (χ4n) is 1.08. The summed E-state index contributed by atoms with van der Waals surface area (Å²) in [5.41, 5.74) is -0.431. The van der Waals surface area contributed by atoms with E-state index in [-0.39, 0.29) is 11.2 Å². The lowest BCUT2D eigenvalue weighted by Gasteiger charge is -2.22. The Bertz CT molecular complexity index is 212. The number of esters is 1. The van der Waals surface area contributed by atoms with Crippen molar-refractivity contribution < 1.29 is 13.9 Å². The Morgan fingerprint density at radius 3 is 2.38 bits per heavy atom. The molecule has 0 aromatic carbocycles. The van der Waals surface area contributed by atoms with Crippen molar-refractivity contribution in [3.63, 3.8) is 0 Å². The van der Waals surface area contributed by atoms with Gasteiger partial charge in [0.05, 0.1) is 11.4 Å². The van der Waals surface area contributed by atoms with Crippen LogP contribution in [0.15, 0.2) is 0 Å². The molecule has 0 spiro atoms. The number of carbonyl (C=O) groups excluding carboxylic acids is 1. The van der Waals surface area contributed by atoms with Gasteiger partial charge in [0, 0.05) is 0 Å². The minimum atomic E-state index is -0.752. The van der Waals surface area contributed by atoms with Crippen LogP contribution in [-0.2, 0) is 9.53 Å². The molecule has 0 aromatic heterocycles. The van der Waals surface area contributed by atoms with Crippen LogP contribution in [0, 0.1) is 0 Å². The Hall–Kier alpha value is -0.250. The smallest absolute Gasteiger partial charge is 0.319 e. The fourth-order valence-corrected chi connectivity index (χ4v) is 1.95. The van der Waals surface area contributed by atoms with Crippen molar-refractivity contribution >= 4 is 17.7 Å². The highest BCUT2D eigenvalue weighted by molar-refractivity contribution is 8.00. The van der Waals surface area contributed by atoms with E-state index in [4.69, 9.17) is 4.74 Å². The van der Waals surface area contributed by atoms with Gasteiger partial charge in [-0.1, -0.05) is 0 Å². The predicted octanol–water partition coefficient (Wildman–Crippen LogP) is 3.59. The van der Waals surface area contributed by atoms with Gasteiger partial charge in [-0.25, -0.2) is 4.39 Å². The standard InChI is InChI=1S/C12H23FO2S/c1-9(13)7-6-8-16-10(2)11(14)15-12(3,4)5/h9-10H,6-8H2,1-5H3. The Morgan fingerprint density at radius 2 is 1.94 bits per heavy atom. The monoisotopic (exact) mass is 250 g/mol. The van der Waals surface area contributed by atoms with E-state index in [9.17, 15) is 9.18 Å². The van der Waals surface area contributed by atoms with Gasteiger partial charge in [-0.15, -0.1) is 11.8 Å². The van der Waals surface area contributed by atoms with Crippen molar-refractivity contribution in [3.05, 3.63) is 0 Å². The van der Waals surface area contributed by atoms with Crippen LogP contribution in [0.3, 0.4) is 0 Å². The van der Waals surface area contributed by atoms with Crippen molar-refractivity contribution in [1.82, 2.24) is 0 Å². The second-order valence-electron chi connectivity index (χ2n) is 4.97. The summed E-state index contributed by atoms with van der Waals surface area (Å²) < 4.78 is 17.7. The number of rotatable bonds is 6. The first-order chi connectivity index (χ1) is 7.22. The largest absolute Gasteiger partial charge is 0.459 e. The van der Waals surface area contributed by atoms with Gasteiger partial charge in [0.25, 0.3) is 0 Å². The van der Waals surface area contributed by atoms with Crippen LogP contribution in [0.5, 0.6) is 0 Å². The highest BCUT2D eigenvalue weighted by Crippen LogP contribution is 2.18. The number of thioether (sulfide) groups is 1. The molecule has 0 saturated heterocycles. The van der Waals surface area contributed by atoms with Gasteiger partial charge in [-0.3, -0.25) is 4.79 Å². The van der Waals surface area contributed by atoms with E-state index in [2.05, 4.69) is 0 Å². The van der Waals surface area contributed by atoms with Crippen LogP contribution in [0.1, 0.15) is 47.5 Å². The average Bonchev–Trinajstić information content (AvgIpc) is 2.08. The molecule has 0 aromatic rings. The molecule has 0 aliphatic carbocycles. The van der Waals surface area contributed by atoms with Gasteiger partial charge >= 0.3 is 5.97 Å². The molecule has 0 aliphatic rings. The fraction of sp³-hybridized carbons (Fsp3) is 0.917. The van der Waals surface area contributed by atoms with Crippen LogP contribution in [0.2, 0.25) is 0 Å². The van der Waals surface area contributed by atoms with Crippen molar-refractivity contribution in [1.29, 1.82) is 0 Å². The average molecular weight is 250 g/mol. The minimum Gasteiger partial charge on any atom is -0.459 e. The van der Waals surface area contributed by atoms with Crippen molar-refractivity contribution in [2.45, 2.75) is 64.5 Å². The van der Waals surface area contributed by atoms with Crippen LogP contribution >= 0.6 is 11.8 Å². The topological polar surface area (TPSA) is 26.3 Å². The number of hydrogen-bond acceptors (Lipinski definition) is 3. The second kappa shape index (κ2) is 7.15. The van der Waals surface area contributed by atoms with Gasteiger partial charge in [0.1, 0.15) is 5.60 Å². The van der Waals surface area contributed by atoms with E-state index in [0.29, 0.717) is 6.42 Å². The number of hydrogen-bond donors (Lipinski definition) is 0. The van der Waals surface area contributed by atoms with E-state index in [1.165, 1.54) is 11.8 Å². The van der Waals surface area contributed by atoms with Crippen LogP contribution < -0.4 is 0 Å². The summed E-state index contributed by atoms with van der Waals surface area (Å²) in [7, 11) is 0. The molecule has 2 atom stereocenters. The zero-order valence-electron chi connectivity index (χ0n) is 10.9. The van der Waals surface area contributed by atoms with Crippen LogP contribution in [0.25, 0.3) is 0 Å². The molecule has 0 saturated carbocycles. The summed E-state index contributed by atoms with van der Waals surface area (Å²) in [6.07, 6.45) is 0.612. The molecule has 96 valence electrons. The quantitative estimate of drug-likeness (QED) is 0.532. The predicted molar refractivity (Wildman–Crippen MR) is 67.6 cm³/mol. The molecule has 0 rings (SSSR count). The normalized spacial score (nSPS) is 15.6. The molecule has 0 radical (unpaired) electrons. The number of alkyl halides is 1. The van der Waals surface area contributed by atoms with E-state index < -0.39 is 11.8 Å². The van der Waals surface area contributed by atoms with E-state index in [1.807, 2.05) is 27.7 Å². The Kier molecular flexibility index (Phi) is 7.04. The van der Waals surface area contributed by atoms with Gasteiger partial charge in [-0.05, 0) is 53.2 Å². The van der Waals surface area contributed by atoms with Gasteiger partial charge < -0.3 is 4.74 Å². The van der Waals surface area contributed by atoms with E-state index in [1.54, 1.807) is 6.92 Å². The van der Waals surface area contributed by atoms with E-state index in [0.717, 1.165) is 12.2 Å². The molecular weight excluding hydrogens is 227 g/mol. The molecule has 0 fully saturated rings. The third-order valence-corrected chi connectivity index (χ3v) is 3.07. The minimum absolute atomic E-state index is 0.172. The van der Waals surface area contributed by atoms with Gasteiger partial charge in [0.15, 0.2) is 0 Å². The number of carbonyl (C=O) groups is 1. The molecule has 0 aliphatic heterocycles. The molecule has 16 heavy (non-hydrogen) atoms. The summed E-state index contributed by atoms with van der Waals surface area (Å²) >= 11 is 1.53. The first kappa shape index (κ1) is 15.8. The summed E-state index contributed by atoms with van der Waals surface area (Å²) in [4.78, 5) is 11.6. The molecule has 2 nitrogen and oxygen atoms in total. The molecule has 0 N–H and O–H groups in total. The highest BCUT2D eigenvalue weighted by Gasteiger charge is 2.21. The first-order valence-corrected chi connectivity index (χ1v) is 6.76. The van der Waals surface area contributed by atoms with Crippen LogP contribution in [0.4, 0.5) is 4.39 Å². The second-order valence-corrected chi connectivity index (χ2v) is 6.42. The van der Waals surface area contributed by atoms with Crippen molar-refractivity contribution in [2.24, 2.45) is 0 Å². The summed E-state index contributed by atoms with van der Waals surface area (Å²) in [6, 6.07) is 0. The number of halogens is 1. The highest BCUT2D eigenvalue weighted by atomic mass is 32.2. The third kappa shape index (κ3) is 9.01. The van der Waals surface area contributed by atoms with Gasteiger partial charge in [-0.2, -0.15) is 0 Å². The molecular formula is C12H23FO2S. The van der Waals surface area contributed by atoms with Crippen LogP contribution in [-0.4, -0.2) is 28.7 Å². The maximum Gasteiger partial charge on any atom is 0.319 e. The summed E-state index contributed by atoms with van der Waals surface area (Å²) in [5.74, 6) is 0.611. The summed E-state index contributed by atoms with van der Waals surface area (Å²) in [5, 5.41) is -0.172. The SMILES string of the molecule is CC(F)CCCSC(C)C(=O)OC(C)(C)C. The Balaban J connectivity index is 3.72. The molecule has 4 heteroatoms. The zero-order chi connectivity index (χ0) is 12.8. The van der Waals surface area contributed by atoms with E-state index >= 15 is 0 Å². The summed E-state index contributed by atoms with van der Waals surface area (Å²) in [6.45, 7) is 8.95. The Morgan fingerprint density at radius 1 is 1.38 bits per heavy atom. The molecule has 0 heterocycles. The number of ether oxygens (including phenoxy) is 1. The lowest BCUT2D eigenvalue weighted by molar-refractivity contribution is -0.153. The van der Waals surface area contributed by atoms with Crippen molar-refractivity contribution in [2.75, 3.05) is 5.75 Å². The lowest BCUT2D eigenvalue weighted by atomic mass is 10.2. The molecule has 0 amide bonds. The maximum absolute atomic E-state index is 12.5. The first-order valence-electron chi connectivity index (χ1n) is 5.71.